The molecule has 0 saturated carbocycles. The molecular weight excluding hydrogens is 368 g/mol. The zero-order valence-electron chi connectivity index (χ0n) is 13.9. The molecule has 0 atom stereocenters. The van der Waals surface area contributed by atoms with Crippen molar-refractivity contribution in [1.82, 2.24) is 0 Å². The summed E-state index contributed by atoms with van der Waals surface area (Å²) in [5, 5.41) is 4.28. The first-order valence-corrected chi connectivity index (χ1v) is 8.49. The second-order valence-electron chi connectivity index (χ2n) is 5.09. The van der Waals surface area contributed by atoms with Crippen LogP contribution in [0.25, 0.3) is 0 Å². The van der Waals surface area contributed by atoms with Crippen LogP contribution in [0.2, 0.25) is 0 Å². The smallest absolute Gasteiger partial charge is 0.162 e. The third kappa shape index (κ3) is 5.13. The number of nitrogens with zero attached hydrogens (tertiary/aromatic N) is 1. The maximum absolute atomic E-state index is 5.65. The lowest BCUT2D eigenvalue weighted by atomic mass is 10.2. The van der Waals surface area contributed by atoms with Crippen LogP contribution in [0.15, 0.2) is 58.6 Å². The van der Waals surface area contributed by atoms with Gasteiger partial charge in [-0.2, -0.15) is 5.10 Å². The maximum Gasteiger partial charge on any atom is 0.162 e. The molecule has 2 aromatic rings. The van der Waals surface area contributed by atoms with E-state index in [9.17, 15) is 0 Å². The van der Waals surface area contributed by atoms with E-state index >= 15 is 0 Å². The second-order valence-corrected chi connectivity index (χ2v) is 5.94. The summed E-state index contributed by atoms with van der Waals surface area (Å²) in [6, 6.07) is 11.8. The van der Waals surface area contributed by atoms with Crippen LogP contribution in [0.1, 0.15) is 18.1 Å². The van der Waals surface area contributed by atoms with Gasteiger partial charge < -0.3 is 9.47 Å². The normalized spacial score (nSPS) is 10.6. The number of rotatable bonds is 8. The minimum atomic E-state index is 0.426. The third-order valence-corrected chi connectivity index (χ3v) is 3.86. The number of ether oxygens (including phenoxy) is 2. The first-order valence-electron chi connectivity index (χ1n) is 7.69. The van der Waals surface area contributed by atoms with Gasteiger partial charge in [-0.25, -0.2) is 0 Å². The standard InChI is InChI=1S/C19H21BrN2O2/c1-4-10-24-19-12-17(20)15(11-18(19)23-5-2)13-21-22-16-8-6-14(3)7-9-16/h4,6-9,11-13,22H,1,5,10H2,2-3H3. The van der Waals surface area contributed by atoms with E-state index in [1.165, 1.54) is 5.56 Å². The van der Waals surface area contributed by atoms with Crippen LogP contribution < -0.4 is 14.9 Å². The van der Waals surface area contributed by atoms with E-state index in [-0.39, 0.29) is 0 Å². The van der Waals surface area contributed by atoms with Gasteiger partial charge in [0.2, 0.25) is 0 Å². The molecule has 0 aliphatic rings. The van der Waals surface area contributed by atoms with Crippen LogP contribution in [0.3, 0.4) is 0 Å². The van der Waals surface area contributed by atoms with E-state index in [1.54, 1.807) is 12.3 Å². The van der Waals surface area contributed by atoms with Crippen molar-refractivity contribution in [1.29, 1.82) is 0 Å². The highest BCUT2D eigenvalue weighted by Crippen LogP contribution is 2.33. The molecule has 126 valence electrons. The van der Waals surface area contributed by atoms with Crippen LogP contribution in [0.5, 0.6) is 11.5 Å². The lowest BCUT2D eigenvalue weighted by Crippen LogP contribution is -2.01. The zero-order chi connectivity index (χ0) is 17.4. The van der Waals surface area contributed by atoms with E-state index in [1.807, 2.05) is 43.3 Å². The number of benzene rings is 2. The molecular formula is C19H21BrN2O2. The Morgan fingerprint density at radius 2 is 1.88 bits per heavy atom. The number of halogens is 1. The molecule has 0 aliphatic heterocycles. The molecule has 1 N–H and O–H groups in total. The molecule has 2 rings (SSSR count). The fraction of sp³-hybridized carbons (Fsp3) is 0.211. The van der Waals surface area contributed by atoms with Gasteiger partial charge in [-0.05, 0) is 54.0 Å². The highest BCUT2D eigenvalue weighted by molar-refractivity contribution is 9.10. The third-order valence-electron chi connectivity index (χ3n) is 3.17. The molecule has 0 unspecified atom stereocenters. The van der Waals surface area contributed by atoms with E-state index in [4.69, 9.17) is 9.47 Å². The van der Waals surface area contributed by atoms with Crippen LogP contribution >= 0.6 is 15.9 Å². The number of hydrogen-bond acceptors (Lipinski definition) is 4. The Hall–Kier alpha value is -2.27. The fourth-order valence-electron chi connectivity index (χ4n) is 1.98. The summed E-state index contributed by atoms with van der Waals surface area (Å²) in [6.45, 7) is 8.63. The topological polar surface area (TPSA) is 42.8 Å². The van der Waals surface area contributed by atoms with E-state index in [2.05, 4.69) is 40.0 Å². The Labute approximate surface area is 151 Å². The summed E-state index contributed by atoms with van der Waals surface area (Å²) in [6.07, 6.45) is 3.44. The highest BCUT2D eigenvalue weighted by Gasteiger charge is 2.09. The van der Waals surface area contributed by atoms with Gasteiger partial charge >= 0.3 is 0 Å². The van der Waals surface area contributed by atoms with Crippen molar-refractivity contribution in [2.24, 2.45) is 5.10 Å². The monoisotopic (exact) mass is 388 g/mol. The molecule has 0 saturated heterocycles. The molecule has 0 aromatic heterocycles. The lowest BCUT2D eigenvalue weighted by molar-refractivity contribution is 0.296. The molecule has 0 radical (unpaired) electrons. The van der Waals surface area contributed by atoms with Crippen LogP contribution in [-0.2, 0) is 0 Å². The Kier molecular flexibility index (Phi) is 6.88. The lowest BCUT2D eigenvalue weighted by Gasteiger charge is -2.12. The largest absolute Gasteiger partial charge is 0.490 e. The van der Waals surface area contributed by atoms with E-state index < -0.39 is 0 Å². The molecule has 0 heterocycles. The fourth-order valence-corrected chi connectivity index (χ4v) is 2.41. The van der Waals surface area contributed by atoms with Crippen molar-refractivity contribution >= 4 is 27.8 Å². The number of nitrogens with one attached hydrogen (secondary N) is 1. The molecule has 0 fully saturated rings. The van der Waals surface area contributed by atoms with Crippen molar-refractivity contribution in [3.8, 4) is 11.5 Å². The van der Waals surface area contributed by atoms with Crippen LogP contribution in [0, 0.1) is 6.92 Å². The van der Waals surface area contributed by atoms with Crippen LogP contribution in [-0.4, -0.2) is 19.4 Å². The summed E-state index contributed by atoms with van der Waals surface area (Å²) < 4.78 is 12.1. The van der Waals surface area contributed by atoms with Gasteiger partial charge in [0.25, 0.3) is 0 Å². The highest BCUT2D eigenvalue weighted by atomic mass is 79.9. The van der Waals surface area contributed by atoms with E-state index in [0.717, 1.165) is 15.7 Å². The van der Waals surface area contributed by atoms with E-state index in [0.29, 0.717) is 24.7 Å². The number of hydrazone groups is 1. The molecule has 4 nitrogen and oxygen atoms in total. The quantitative estimate of drug-likeness (QED) is 0.385. The van der Waals surface area contributed by atoms with Gasteiger partial charge in [-0.3, -0.25) is 5.43 Å². The molecule has 5 heteroatoms. The molecule has 2 aromatic carbocycles. The summed E-state index contributed by atoms with van der Waals surface area (Å²) in [5.41, 5.74) is 6.05. The molecule has 0 amide bonds. The molecule has 0 aliphatic carbocycles. The van der Waals surface area contributed by atoms with Gasteiger partial charge in [0.1, 0.15) is 6.61 Å². The summed E-state index contributed by atoms with van der Waals surface area (Å²) in [7, 11) is 0. The predicted molar refractivity (Wildman–Crippen MR) is 103 cm³/mol. The van der Waals surface area contributed by atoms with Crippen LogP contribution in [0.4, 0.5) is 5.69 Å². The Morgan fingerprint density at radius 3 is 2.54 bits per heavy atom. The SMILES string of the molecule is C=CCOc1cc(Br)c(C=NNc2ccc(C)cc2)cc1OCC. The van der Waals surface area contributed by atoms with Gasteiger partial charge in [-0.15, -0.1) is 0 Å². The second kappa shape index (κ2) is 9.13. The Balaban J connectivity index is 2.16. The van der Waals surface area contributed by atoms with Gasteiger partial charge in [0, 0.05) is 10.0 Å². The zero-order valence-corrected chi connectivity index (χ0v) is 15.5. The first kappa shape index (κ1) is 18.1. The van der Waals surface area contributed by atoms with Crippen molar-refractivity contribution in [2.75, 3.05) is 18.6 Å². The summed E-state index contributed by atoms with van der Waals surface area (Å²) in [5.74, 6) is 1.35. The Morgan fingerprint density at radius 1 is 1.17 bits per heavy atom. The number of hydrogen-bond donors (Lipinski definition) is 1. The van der Waals surface area contributed by atoms with Crippen molar-refractivity contribution in [2.45, 2.75) is 13.8 Å². The first-order chi connectivity index (χ1) is 11.6. The Bertz CT molecular complexity index is 712. The van der Waals surface area contributed by atoms with Crippen molar-refractivity contribution in [3.05, 3.63) is 64.7 Å². The van der Waals surface area contributed by atoms with Crippen molar-refractivity contribution in [3.63, 3.8) is 0 Å². The van der Waals surface area contributed by atoms with Gasteiger partial charge in [0.05, 0.1) is 18.5 Å². The van der Waals surface area contributed by atoms with Gasteiger partial charge in [0.15, 0.2) is 11.5 Å². The average Bonchev–Trinajstić information content (AvgIpc) is 2.58. The molecule has 0 bridgehead atoms. The maximum atomic E-state index is 5.65. The van der Waals surface area contributed by atoms with Crippen molar-refractivity contribution < 1.29 is 9.47 Å². The average molecular weight is 389 g/mol. The number of anilines is 1. The number of aryl methyl sites for hydroxylation is 1. The molecule has 24 heavy (non-hydrogen) atoms. The summed E-state index contributed by atoms with van der Waals surface area (Å²) >= 11 is 3.54. The molecule has 0 spiro atoms. The van der Waals surface area contributed by atoms with Gasteiger partial charge in [-0.1, -0.05) is 30.4 Å². The minimum Gasteiger partial charge on any atom is -0.490 e. The summed E-state index contributed by atoms with van der Waals surface area (Å²) in [4.78, 5) is 0. The minimum absolute atomic E-state index is 0.426. The predicted octanol–water partition coefficient (Wildman–Crippen LogP) is 5.17.